The molecule has 1 aliphatic rings. The summed E-state index contributed by atoms with van der Waals surface area (Å²) < 4.78 is 32.5. The molecule has 2 heterocycles. The predicted molar refractivity (Wildman–Crippen MR) is 162 cm³/mol. The summed E-state index contributed by atoms with van der Waals surface area (Å²) in [5, 5.41) is 3.60. The number of carbonyl (C=O) groups is 1. The molecule has 1 aromatic heterocycles. The first kappa shape index (κ1) is 27.9. The van der Waals surface area contributed by atoms with Gasteiger partial charge in [0.1, 0.15) is 34.5 Å². The van der Waals surface area contributed by atoms with Crippen LogP contribution in [0.1, 0.15) is 47.1 Å². The third-order valence-electron chi connectivity index (χ3n) is 6.71. The number of aryl methyl sites for hydroxylation is 1. The van der Waals surface area contributed by atoms with E-state index in [9.17, 15) is 9.18 Å². The zero-order valence-electron chi connectivity index (χ0n) is 22.9. The third kappa shape index (κ3) is 5.78. The van der Waals surface area contributed by atoms with E-state index in [1.54, 1.807) is 31.4 Å². The van der Waals surface area contributed by atoms with Crippen molar-refractivity contribution in [1.29, 1.82) is 0 Å². The molecular formula is C32H29BrFNO4S. The Morgan fingerprint density at radius 3 is 2.50 bits per heavy atom. The Bertz CT molecular complexity index is 1640. The van der Waals surface area contributed by atoms with Crippen LogP contribution < -0.4 is 19.5 Å². The maximum atomic E-state index is 14.0. The molecule has 4 aromatic rings. The molecule has 206 valence electrons. The Hall–Kier alpha value is -3.62. The summed E-state index contributed by atoms with van der Waals surface area (Å²) >= 11 is 4.68. The van der Waals surface area contributed by atoms with Crippen molar-refractivity contribution in [2.75, 3.05) is 12.4 Å². The fourth-order valence-electron chi connectivity index (χ4n) is 5.02. The SMILES string of the molecule is COc1cc(OC(=O)c2ccc(Br)s2)ccc1-c1ccc2c(c1COc1cc(F)ccc1C)C(C)=CC(C)(C)N2. The van der Waals surface area contributed by atoms with Crippen LogP contribution in [0.25, 0.3) is 16.7 Å². The minimum atomic E-state index is -0.437. The lowest BCUT2D eigenvalue weighted by molar-refractivity contribution is 0.0739. The van der Waals surface area contributed by atoms with Gasteiger partial charge in [0.05, 0.1) is 16.4 Å². The summed E-state index contributed by atoms with van der Waals surface area (Å²) in [5.74, 6) is 0.626. The highest BCUT2D eigenvalue weighted by Crippen LogP contribution is 2.43. The van der Waals surface area contributed by atoms with Gasteiger partial charge in [-0.2, -0.15) is 0 Å². The van der Waals surface area contributed by atoms with E-state index < -0.39 is 5.97 Å². The van der Waals surface area contributed by atoms with Gasteiger partial charge in [0.25, 0.3) is 0 Å². The van der Waals surface area contributed by atoms with Gasteiger partial charge in [0.2, 0.25) is 0 Å². The number of anilines is 1. The summed E-state index contributed by atoms with van der Waals surface area (Å²) in [7, 11) is 1.58. The molecule has 0 aliphatic carbocycles. The Balaban J connectivity index is 1.56. The van der Waals surface area contributed by atoms with Gasteiger partial charge in [-0.05, 0) is 96.7 Å². The predicted octanol–water partition coefficient (Wildman–Crippen LogP) is 9.04. The van der Waals surface area contributed by atoms with Crippen LogP contribution in [0.4, 0.5) is 10.1 Å². The van der Waals surface area contributed by atoms with E-state index in [-0.39, 0.29) is 18.0 Å². The van der Waals surface area contributed by atoms with Gasteiger partial charge in [-0.3, -0.25) is 0 Å². The van der Waals surface area contributed by atoms with E-state index in [0.29, 0.717) is 22.1 Å². The number of rotatable bonds is 7. The maximum Gasteiger partial charge on any atom is 0.353 e. The fraction of sp³-hybridized carbons (Fsp3) is 0.219. The Morgan fingerprint density at radius 1 is 1.00 bits per heavy atom. The first-order valence-electron chi connectivity index (χ1n) is 12.7. The number of fused-ring (bicyclic) bond motifs is 1. The second-order valence-corrected chi connectivity index (χ2v) is 12.7. The number of halogens is 2. The van der Waals surface area contributed by atoms with Crippen LogP contribution in [-0.2, 0) is 6.61 Å². The van der Waals surface area contributed by atoms with E-state index >= 15 is 0 Å². The van der Waals surface area contributed by atoms with Gasteiger partial charge in [-0.25, -0.2) is 9.18 Å². The van der Waals surface area contributed by atoms with Crippen LogP contribution in [0.3, 0.4) is 0 Å². The molecule has 0 spiro atoms. The van der Waals surface area contributed by atoms with E-state index in [0.717, 1.165) is 42.9 Å². The molecule has 40 heavy (non-hydrogen) atoms. The molecule has 8 heteroatoms. The van der Waals surface area contributed by atoms with Crippen molar-refractivity contribution in [2.45, 2.75) is 39.8 Å². The maximum absolute atomic E-state index is 14.0. The largest absolute Gasteiger partial charge is 0.496 e. The number of hydrogen-bond acceptors (Lipinski definition) is 6. The lowest BCUT2D eigenvalue weighted by atomic mass is 9.85. The van der Waals surface area contributed by atoms with Crippen molar-refractivity contribution in [3.05, 3.63) is 97.9 Å². The average molecular weight is 623 g/mol. The quantitative estimate of drug-likeness (QED) is 0.165. The van der Waals surface area contributed by atoms with Gasteiger partial charge < -0.3 is 19.5 Å². The highest BCUT2D eigenvalue weighted by atomic mass is 79.9. The molecule has 0 bridgehead atoms. The molecule has 1 N–H and O–H groups in total. The summed E-state index contributed by atoms with van der Waals surface area (Å²) in [6, 6.07) is 17.5. The standard InChI is InChI=1S/C32H29BrFNO4S/c1-18-6-7-20(34)14-26(18)38-17-24-22(10-11-25-30(24)19(2)16-32(3,4)35-25)23-9-8-21(15-27(23)37-5)39-31(36)28-12-13-29(33)40-28/h6-16,35H,17H2,1-5H3. The number of hydrogen-bond donors (Lipinski definition) is 1. The number of benzene rings is 3. The minimum Gasteiger partial charge on any atom is -0.496 e. The van der Waals surface area contributed by atoms with Gasteiger partial charge in [-0.15, -0.1) is 11.3 Å². The van der Waals surface area contributed by atoms with Gasteiger partial charge in [-0.1, -0.05) is 18.2 Å². The molecule has 0 unspecified atom stereocenters. The van der Waals surface area contributed by atoms with Gasteiger partial charge in [0, 0.05) is 34.5 Å². The second kappa shape index (κ2) is 11.1. The molecule has 0 amide bonds. The van der Waals surface area contributed by atoms with Crippen molar-refractivity contribution >= 4 is 44.5 Å². The van der Waals surface area contributed by atoms with Crippen molar-refractivity contribution in [3.63, 3.8) is 0 Å². The van der Waals surface area contributed by atoms with Crippen LogP contribution in [-0.4, -0.2) is 18.6 Å². The summed E-state index contributed by atoms with van der Waals surface area (Å²) in [4.78, 5) is 13.1. The normalized spacial score (nSPS) is 13.6. The second-order valence-electron chi connectivity index (χ2n) is 10.2. The Morgan fingerprint density at radius 2 is 1.77 bits per heavy atom. The zero-order valence-corrected chi connectivity index (χ0v) is 25.3. The van der Waals surface area contributed by atoms with Crippen LogP contribution in [0.15, 0.2) is 70.5 Å². The number of thiophene rings is 1. The average Bonchev–Trinajstić information content (AvgIpc) is 3.34. The molecule has 3 aromatic carbocycles. The van der Waals surface area contributed by atoms with E-state index in [4.69, 9.17) is 14.2 Å². The monoisotopic (exact) mass is 621 g/mol. The van der Waals surface area contributed by atoms with Crippen LogP contribution in [0, 0.1) is 12.7 Å². The molecule has 0 atom stereocenters. The van der Waals surface area contributed by atoms with E-state index in [2.05, 4.69) is 54.2 Å². The molecule has 5 nitrogen and oxygen atoms in total. The first-order valence-corrected chi connectivity index (χ1v) is 14.3. The van der Waals surface area contributed by atoms with Gasteiger partial charge >= 0.3 is 5.97 Å². The fourth-order valence-corrected chi connectivity index (χ4v) is 6.28. The Labute approximate surface area is 245 Å². The molecule has 1 aliphatic heterocycles. The van der Waals surface area contributed by atoms with E-state index in [1.165, 1.54) is 23.5 Å². The number of nitrogens with one attached hydrogen (secondary N) is 1. The number of carbonyl (C=O) groups excluding carboxylic acids is 1. The minimum absolute atomic E-state index is 0.211. The summed E-state index contributed by atoms with van der Waals surface area (Å²) in [6.07, 6.45) is 2.19. The number of esters is 1. The topological polar surface area (TPSA) is 56.8 Å². The molecule has 0 saturated carbocycles. The van der Waals surface area contributed by atoms with Crippen molar-refractivity contribution in [2.24, 2.45) is 0 Å². The van der Waals surface area contributed by atoms with E-state index in [1.807, 2.05) is 25.1 Å². The van der Waals surface area contributed by atoms with Crippen LogP contribution in [0.2, 0.25) is 0 Å². The molecule has 5 rings (SSSR count). The van der Waals surface area contributed by atoms with Crippen LogP contribution >= 0.6 is 27.3 Å². The molecule has 0 radical (unpaired) electrons. The smallest absolute Gasteiger partial charge is 0.353 e. The summed E-state index contributed by atoms with van der Waals surface area (Å²) in [5.41, 5.74) is 6.43. The highest BCUT2D eigenvalue weighted by Gasteiger charge is 2.27. The number of ether oxygens (including phenoxy) is 3. The lowest BCUT2D eigenvalue weighted by Gasteiger charge is -2.33. The molecular weight excluding hydrogens is 593 g/mol. The van der Waals surface area contributed by atoms with Crippen molar-refractivity contribution in [1.82, 2.24) is 0 Å². The molecule has 0 fully saturated rings. The number of methoxy groups -OCH3 is 1. The summed E-state index contributed by atoms with van der Waals surface area (Å²) in [6.45, 7) is 8.44. The Kier molecular flexibility index (Phi) is 7.75. The third-order valence-corrected chi connectivity index (χ3v) is 8.32. The van der Waals surface area contributed by atoms with Gasteiger partial charge in [0.15, 0.2) is 0 Å². The van der Waals surface area contributed by atoms with Crippen LogP contribution in [0.5, 0.6) is 17.2 Å². The number of allylic oxidation sites excluding steroid dienone is 1. The van der Waals surface area contributed by atoms with Crippen molar-refractivity contribution in [3.8, 4) is 28.4 Å². The zero-order chi connectivity index (χ0) is 28.6. The lowest BCUT2D eigenvalue weighted by Crippen LogP contribution is -2.32. The van der Waals surface area contributed by atoms with Crippen molar-refractivity contribution < 1.29 is 23.4 Å². The highest BCUT2D eigenvalue weighted by molar-refractivity contribution is 9.11. The molecule has 0 saturated heterocycles. The first-order chi connectivity index (χ1) is 19.0.